The van der Waals surface area contributed by atoms with Crippen LogP contribution in [0.5, 0.6) is 0 Å². The zero-order valence-electron chi connectivity index (χ0n) is 11.2. The lowest BCUT2D eigenvalue weighted by Crippen LogP contribution is -2.36. The van der Waals surface area contributed by atoms with Crippen LogP contribution in [0, 0.1) is 5.41 Å². The molecule has 1 atom stereocenters. The molecule has 0 aliphatic heterocycles. The first-order valence-electron chi connectivity index (χ1n) is 6.00. The van der Waals surface area contributed by atoms with Gasteiger partial charge in [0, 0.05) is 18.4 Å². The average molecular weight is 263 g/mol. The summed E-state index contributed by atoms with van der Waals surface area (Å²) >= 11 is 0. The Morgan fingerprint density at radius 1 is 1.53 bits per heavy atom. The lowest BCUT2D eigenvalue weighted by atomic mass is 9.85. The van der Waals surface area contributed by atoms with Crippen molar-refractivity contribution in [2.75, 3.05) is 5.32 Å². The first kappa shape index (κ1) is 13.3. The molecule has 0 bridgehead atoms. The average Bonchev–Trinajstić information content (AvgIpc) is 2.75. The second kappa shape index (κ2) is 4.83. The quantitative estimate of drug-likeness (QED) is 0.866. The zero-order chi connectivity index (χ0) is 14.0. The Bertz CT molecular complexity index is 587. The van der Waals surface area contributed by atoms with Crippen molar-refractivity contribution in [1.29, 1.82) is 0 Å². The van der Waals surface area contributed by atoms with Crippen molar-refractivity contribution >= 4 is 17.4 Å². The van der Waals surface area contributed by atoms with E-state index in [9.17, 15) is 4.79 Å². The number of hydrogen-bond acceptors (Lipinski definition) is 5. The Labute approximate surface area is 110 Å². The molecular weight excluding hydrogens is 246 g/mol. The Kier molecular flexibility index (Phi) is 3.37. The number of hydrogen-bond donors (Lipinski definition) is 2. The standard InChI is InChI=1S/C12H17N5O2/c1-12(2,3)8(6-9(18)19)15-10-11-16-14-7-17(11)5-4-13-10/h4-5,7-8H,6H2,1-3H3,(H,13,15)(H,18,19). The van der Waals surface area contributed by atoms with E-state index in [1.54, 1.807) is 23.1 Å². The van der Waals surface area contributed by atoms with Gasteiger partial charge in [0.15, 0.2) is 5.82 Å². The zero-order valence-corrected chi connectivity index (χ0v) is 11.2. The van der Waals surface area contributed by atoms with Crippen molar-refractivity contribution in [3.63, 3.8) is 0 Å². The topological polar surface area (TPSA) is 92.4 Å². The smallest absolute Gasteiger partial charge is 0.305 e. The highest BCUT2D eigenvalue weighted by Crippen LogP contribution is 2.26. The van der Waals surface area contributed by atoms with Crippen molar-refractivity contribution in [3.05, 3.63) is 18.7 Å². The fourth-order valence-corrected chi connectivity index (χ4v) is 1.77. The van der Waals surface area contributed by atoms with Gasteiger partial charge in [0.25, 0.3) is 0 Å². The maximum atomic E-state index is 11.0. The summed E-state index contributed by atoms with van der Waals surface area (Å²) in [6, 6.07) is -0.250. The van der Waals surface area contributed by atoms with Gasteiger partial charge < -0.3 is 10.4 Å². The second-order valence-electron chi connectivity index (χ2n) is 5.50. The SMILES string of the molecule is CC(C)(C)C(CC(=O)O)Nc1nccn2cnnc12. The second-order valence-corrected chi connectivity index (χ2v) is 5.50. The van der Waals surface area contributed by atoms with Gasteiger partial charge in [0.1, 0.15) is 6.33 Å². The van der Waals surface area contributed by atoms with Crippen LogP contribution in [0.2, 0.25) is 0 Å². The lowest BCUT2D eigenvalue weighted by molar-refractivity contribution is -0.137. The molecule has 0 aliphatic rings. The Hall–Kier alpha value is -2.18. The predicted octanol–water partition coefficient (Wildman–Crippen LogP) is 1.43. The summed E-state index contributed by atoms with van der Waals surface area (Å²) in [5.74, 6) is -0.304. The number of nitrogens with zero attached hydrogens (tertiary/aromatic N) is 4. The van der Waals surface area contributed by atoms with Crippen LogP contribution >= 0.6 is 0 Å². The van der Waals surface area contributed by atoms with E-state index in [1.165, 1.54) is 0 Å². The fourth-order valence-electron chi connectivity index (χ4n) is 1.77. The van der Waals surface area contributed by atoms with Gasteiger partial charge in [0.2, 0.25) is 5.65 Å². The van der Waals surface area contributed by atoms with Gasteiger partial charge >= 0.3 is 5.97 Å². The van der Waals surface area contributed by atoms with E-state index in [4.69, 9.17) is 5.11 Å². The molecule has 0 fully saturated rings. The summed E-state index contributed by atoms with van der Waals surface area (Å²) in [5, 5.41) is 20.0. The predicted molar refractivity (Wildman–Crippen MR) is 69.9 cm³/mol. The van der Waals surface area contributed by atoms with Gasteiger partial charge in [-0.1, -0.05) is 20.8 Å². The molecule has 0 aliphatic carbocycles. The van der Waals surface area contributed by atoms with Crippen LogP contribution in [0.15, 0.2) is 18.7 Å². The molecule has 2 N–H and O–H groups in total. The first-order chi connectivity index (χ1) is 8.88. The number of aromatic nitrogens is 4. The van der Waals surface area contributed by atoms with Gasteiger partial charge in [-0.15, -0.1) is 10.2 Å². The number of aliphatic carboxylic acids is 1. The number of anilines is 1. The largest absolute Gasteiger partial charge is 0.481 e. The van der Waals surface area contributed by atoms with E-state index in [2.05, 4.69) is 20.5 Å². The highest BCUT2D eigenvalue weighted by molar-refractivity contribution is 5.69. The number of carboxylic acids is 1. The van der Waals surface area contributed by atoms with E-state index in [0.717, 1.165) is 0 Å². The molecule has 19 heavy (non-hydrogen) atoms. The Balaban J connectivity index is 2.30. The van der Waals surface area contributed by atoms with E-state index >= 15 is 0 Å². The maximum Gasteiger partial charge on any atom is 0.305 e. The van der Waals surface area contributed by atoms with Gasteiger partial charge in [-0.3, -0.25) is 9.20 Å². The highest BCUT2D eigenvalue weighted by Gasteiger charge is 2.28. The van der Waals surface area contributed by atoms with Crippen LogP contribution < -0.4 is 5.32 Å². The van der Waals surface area contributed by atoms with Crippen LogP contribution in [0.25, 0.3) is 5.65 Å². The molecule has 7 nitrogen and oxygen atoms in total. The van der Waals surface area contributed by atoms with Crippen LogP contribution in [0.3, 0.4) is 0 Å². The third-order valence-corrected chi connectivity index (χ3v) is 2.95. The van der Waals surface area contributed by atoms with Crippen LogP contribution in [-0.4, -0.2) is 36.7 Å². The molecule has 0 saturated heterocycles. The molecule has 102 valence electrons. The van der Waals surface area contributed by atoms with Crippen molar-refractivity contribution in [3.8, 4) is 0 Å². The van der Waals surface area contributed by atoms with Gasteiger partial charge in [-0.2, -0.15) is 0 Å². The number of fused-ring (bicyclic) bond motifs is 1. The summed E-state index contributed by atoms with van der Waals surface area (Å²) in [6.07, 6.45) is 4.95. The van der Waals surface area contributed by atoms with Crippen LogP contribution in [0.1, 0.15) is 27.2 Å². The maximum absolute atomic E-state index is 11.0. The summed E-state index contributed by atoms with van der Waals surface area (Å²) in [4.78, 5) is 15.2. The lowest BCUT2D eigenvalue weighted by Gasteiger charge is -2.30. The molecule has 2 rings (SSSR count). The molecule has 2 aromatic heterocycles. The minimum absolute atomic E-state index is 0.0143. The summed E-state index contributed by atoms with van der Waals surface area (Å²) in [6.45, 7) is 5.95. The molecule has 7 heteroatoms. The Morgan fingerprint density at radius 3 is 2.89 bits per heavy atom. The normalized spacial score (nSPS) is 13.4. The molecule has 2 aromatic rings. The molecule has 0 saturated carbocycles. The molecule has 0 aromatic carbocycles. The number of carboxylic acid groups (broad SMARTS) is 1. The summed E-state index contributed by atoms with van der Waals surface area (Å²) in [5.41, 5.74) is 0.370. The van der Waals surface area contributed by atoms with Gasteiger partial charge in [0.05, 0.1) is 6.42 Å². The molecule has 1 unspecified atom stereocenters. The van der Waals surface area contributed by atoms with Crippen molar-refractivity contribution < 1.29 is 9.90 Å². The number of rotatable bonds is 4. The molecule has 2 heterocycles. The highest BCUT2D eigenvalue weighted by atomic mass is 16.4. The number of carbonyl (C=O) groups is 1. The van der Waals surface area contributed by atoms with E-state index in [-0.39, 0.29) is 17.9 Å². The van der Waals surface area contributed by atoms with Crippen molar-refractivity contribution in [1.82, 2.24) is 19.6 Å². The van der Waals surface area contributed by atoms with Gasteiger partial charge in [-0.25, -0.2) is 4.98 Å². The van der Waals surface area contributed by atoms with Crippen molar-refractivity contribution in [2.45, 2.75) is 33.2 Å². The van der Waals surface area contributed by atoms with Gasteiger partial charge in [-0.05, 0) is 5.41 Å². The van der Waals surface area contributed by atoms with E-state index in [0.29, 0.717) is 11.5 Å². The van der Waals surface area contributed by atoms with E-state index < -0.39 is 5.97 Å². The fraction of sp³-hybridized carbons (Fsp3) is 0.500. The molecule has 0 spiro atoms. The molecular formula is C12H17N5O2. The monoisotopic (exact) mass is 263 g/mol. The van der Waals surface area contributed by atoms with Crippen LogP contribution in [-0.2, 0) is 4.79 Å². The minimum Gasteiger partial charge on any atom is -0.481 e. The van der Waals surface area contributed by atoms with Crippen LogP contribution in [0.4, 0.5) is 5.82 Å². The third-order valence-electron chi connectivity index (χ3n) is 2.95. The number of nitrogens with one attached hydrogen (secondary N) is 1. The molecule has 0 amide bonds. The Morgan fingerprint density at radius 2 is 2.26 bits per heavy atom. The third kappa shape index (κ3) is 2.98. The molecule has 0 radical (unpaired) electrons. The first-order valence-corrected chi connectivity index (χ1v) is 6.00. The van der Waals surface area contributed by atoms with E-state index in [1.807, 2.05) is 20.8 Å². The summed E-state index contributed by atoms with van der Waals surface area (Å²) < 4.78 is 1.73. The minimum atomic E-state index is -0.846. The summed E-state index contributed by atoms with van der Waals surface area (Å²) in [7, 11) is 0. The van der Waals surface area contributed by atoms with Crippen molar-refractivity contribution in [2.24, 2.45) is 5.41 Å².